The second-order valence-electron chi connectivity index (χ2n) is 9.20. The summed E-state index contributed by atoms with van der Waals surface area (Å²) in [4.78, 5) is 27.1. The molecule has 0 radical (unpaired) electrons. The van der Waals surface area contributed by atoms with E-state index in [4.69, 9.17) is 0 Å². The molecule has 2 aliphatic rings. The maximum absolute atomic E-state index is 13.6. The van der Waals surface area contributed by atoms with Crippen molar-refractivity contribution in [3.8, 4) is 0 Å². The van der Waals surface area contributed by atoms with Gasteiger partial charge in [0.1, 0.15) is 11.6 Å². The van der Waals surface area contributed by atoms with Crippen LogP contribution in [0.25, 0.3) is 0 Å². The van der Waals surface area contributed by atoms with E-state index in [0.29, 0.717) is 17.7 Å². The van der Waals surface area contributed by atoms with Crippen molar-refractivity contribution in [1.29, 1.82) is 0 Å². The molecule has 0 spiro atoms. The molecule has 170 valence electrons. The number of alkyl halides is 2. The summed E-state index contributed by atoms with van der Waals surface area (Å²) in [7, 11) is 0. The van der Waals surface area contributed by atoms with Crippen LogP contribution in [-0.2, 0) is 16.8 Å². The molecule has 8 heteroatoms. The number of hydrogen-bond donors (Lipinski definition) is 1. The summed E-state index contributed by atoms with van der Waals surface area (Å²) < 4.78 is 54.0. The standard InChI is InChI=1S/C24H24F4N2O2/c1-23(2)19-4-3-16(21(31)29-12-14-5-6-24(27,28)11-14)9-20(19)30(22(23)32)13-15-7-17(25)10-18(26)8-15/h3-4,7-10,14H,5-6,11-13H2,1-2H3,(H,29,31). The first-order chi connectivity index (χ1) is 15.0. The molecule has 1 aliphatic carbocycles. The Morgan fingerprint density at radius 2 is 1.81 bits per heavy atom. The number of carbonyl (C=O) groups excluding carboxylic acids is 2. The summed E-state index contributed by atoms with van der Waals surface area (Å²) in [5.41, 5.74) is 0.896. The molecule has 0 bridgehead atoms. The molecule has 1 saturated carbocycles. The predicted octanol–water partition coefficient (Wildman–Crippen LogP) is 4.95. The normalized spacial score (nSPS) is 21.0. The van der Waals surface area contributed by atoms with Crippen LogP contribution in [0.2, 0.25) is 0 Å². The summed E-state index contributed by atoms with van der Waals surface area (Å²) >= 11 is 0. The maximum atomic E-state index is 13.6. The van der Waals surface area contributed by atoms with E-state index in [0.717, 1.165) is 18.2 Å². The van der Waals surface area contributed by atoms with Gasteiger partial charge in [-0.25, -0.2) is 17.6 Å². The number of amides is 2. The molecular weight excluding hydrogens is 424 g/mol. The lowest BCUT2D eigenvalue weighted by molar-refractivity contribution is -0.122. The Balaban J connectivity index is 1.56. The second kappa shape index (κ2) is 7.90. The average Bonchev–Trinajstić information content (AvgIpc) is 3.14. The third kappa shape index (κ3) is 4.23. The van der Waals surface area contributed by atoms with E-state index in [2.05, 4.69) is 5.32 Å². The van der Waals surface area contributed by atoms with Gasteiger partial charge in [-0.2, -0.15) is 0 Å². The van der Waals surface area contributed by atoms with E-state index in [1.807, 2.05) is 0 Å². The zero-order valence-corrected chi connectivity index (χ0v) is 17.9. The lowest BCUT2D eigenvalue weighted by Crippen LogP contribution is -2.35. The molecule has 0 aromatic heterocycles. The Kier molecular flexibility index (Phi) is 5.51. The number of benzene rings is 2. The summed E-state index contributed by atoms with van der Waals surface area (Å²) in [6.45, 7) is 3.61. The highest BCUT2D eigenvalue weighted by molar-refractivity contribution is 6.08. The summed E-state index contributed by atoms with van der Waals surface area (Å²) in [6, 6.07) is 7.94. The number of carbonyl (C=O) groups is 2. The molecule has 4 rings (SSSR count). The van der Waals surface area contributed by atoms with Crippen molar-refractivity contribution < 1.29 is 27.2 Å². The zero-order chi connectivity index (χ0) is 23.3. The van der Waals surface area contributed by atoms with E-state index in [1.54, 1.807) is 32.0 Å². The minimum Gasteiger partial charge on any atom is -0.352 e. The van der Waals surface area contributed by atoms with Crippen LogP contribution in [0, 0.1) is 17.6 Å². The molecule has 32 heavy (non-hydrogen) atoms. The quantitative estimate of drug-likeness (QED) is 0.658. The molecular formula is C24H24F4N2O2. The second-order valence-corrected chi connectivity index (χ2v) is 9.20. The van der Waals surface area contributed by atoms with Gasteiger partial charge in [-0.3, -0.25) is 9.59 Å². The monoisotopic (exact) mass is 448 g/mol. The van der Waals surface area contributed by atoms with Crippen molar-refractivity contribution in [3.05, 3.63) is 64.7 Å². The Hall–Kier alpha value is -2.90. The van der Waals surface area contributed by atoms with Crippen LogP contribution in [0.1, 0.15) is 54.6 Å². The molecule has 2 aromatic rings. The molecule has 1 fully saturated rings. The third-order valence-corrected chi connectivity index (χ3v) is 6.32. The van der Waals surface area contributed by atoms with Crippen LogP contribution in [0.5, 0.6) is 0 Å². The number of rotatable bonds is 5. The van der Waals surface area contributed by atoms with Crippen LogP contribution < -0.4 is 10.2 Å². The van der Waals surface area contributed by atoms with E-state index < -0.39 is 28.9 Å². The van der Waals surface area contributed by atoms with Crippen LogP contribution in [-0.4, -0.2) is 24.3 Å². The van der Waals surface area contributed by atoms with Crippen molar-refractivity contribution in [2.75, 3.05) is 11.4 Å². The van der Waals surface area contributed by atoms with Crippen molar-refractivity contribution in [1.82, 2.24) is 5.32 Å². The molecule has 1 N–H and O–H groups in total. The van der Waals surface area contributed by atoms with Crippen molar-refractivity contribution in [3.63, 3.8) is 0 Å². The lowest BCUT2D eigenvalue weighted by Gasteiger charge is -2.20. The molecule has 1 aliphatic heterocycles. The molecule has 2 aromatic carbocycles. The topological polar surface area (TPSA) is 49.4 Å². The van der Waals surface area contributed by atoms with Gasteiger partial charge in [0.05, 0.1) is 12.0 Å². The molecule has 2 amide bonds. The summed E-state index contributed by atoms with van der Waals surface area (Å²) in [5.74, 6) is -5.09. The average molecular weight is 448 g/mol. The summed E-state index contributed by atoms with van der Waals surface area (Å²) in [5, 5.41) is 2.71. The highest BCUT2D eigenvalue weighted by Gasteiger charge is 2.44. The number of nitrogens with one attached hydrogen (secondary N) is 1. The van der Waals surface area contributed by atoms with Crippen LogP contribution >= 0.6 is 0 Å². The molecule has 1 atom stereocenters. The molecule has 1 unspecified atom stereocenters. The van der Waals surface area contributed by atoms with E-state index >= 15 is 0 Å². The van der Waals surface area contributed by atoms with Gasteiger partial charge in [-0.1, -0.05) is 6.07 Å². The van der Waals surface area contributed by atoms with E-state index in [1.165, 1.54) is 4.90 Å². The highest BCUT2D eigenvalue weighted by Crippen LogP contribution is 2.43. The Morgan fingerprint density at radius 3 is 2.44 bits per heavy atom. The highest BCUT2D eigenvalue weighted by atomic mass is 19.3. The lowest BCUT2D eigenvalue weighted by atomic mass is 9.86. The maximum Gasteiger partial charge on any atom is 0.251 e. The van der Waals surface area contributed by atoms with Gasteiger partial charge < -0.3 is 10.2 Å². The number of nitrogens with zero attached hydrogens (tertiary/aromatic N) is 1. The van der Waals surface area contributed by atoms with Crippen molar-refractivity contribution in [2.24, 2.45) is 5.92 Å². The predicted molar refractivity (Wildman–Crippen MR) is 112 cm³/mol. The number of hydrogen-bond acceptors (Lipinski definition) is 2. The van der Waals surface area contributed by atoms with Crippen LogP contribution in [0.3, 0.4) is 0 Å². The minimum absolute atomic E-state index is 0.0494. The summed E-state index contributed by atoms with van der Waals surface area (Å²) in [6.07, 6.45) is -0.0462. The Morgan fingerprint density at radius 1 is 1.12 bits per heavy atom. The number of halogens is 4. The first-order valence-corrected chi connectivity index (χ1v) is 10.5. The van der Waals surface area contributed by atoms with Gasteiger partial charge in [0, 0.05) is 36.7 Å². The van der Waals surface area contributed by atoms with Gasteiger partial charge >= 0.3 is 0 Å². The van der Waals surface area contributed by atoms with Crippen molar-refractivity contribution in [2.45, 2.75) is 51.0 Å². The molecule has 0 saturated heterocycles. The number of anilines is 1. The minimum atomic E-state index is -2.67. The fourth-order valence-corrected chi connectivity index (χ4v) is 4.58. The van der Waals surface area contributed by atoms with Gasteiger partial charge in [0.2, 0.25) is 11.8 Å². The Bertz CT molecular complexity index is 1060. The fourth-order valence-electron chi connectivity index (χ4n) is 4.58. The van der Waals surface area contributed by atoms with Gasteiger partial charge in [0.15, 0.2) is 0 Å². The Labute approximate surface area is 183 Å². The van der Waals surface area contributed by atoms with Crippen LogP contribution in [0.4, 0.5) is 23.2 Å². The zero-order valence-electron chi connectivity index (χ0n) is 17.9. The van der Waals surface area contributed by atoms with E-state index in [9.17, 15) is 27.2 Å². The van der Waals surface area contributed by atoms with E-state index in [-0.39, 0.29) is 48.9 Å². The first-order valence-electron chi connectivity index (χ1n) is 10.5. The van der Waals surface area contributed by atoms with Gasteiger partial charge in [-0.15, -0.1) is 0 Å². The van der Waals surface area contributed by atoms with Gasteiger partial charge in [0.25, 0.3) is 5.91 Å². The third-order valence-electron chi connectivity index (χ3n) is 6.32. The molecule has 4 nitrogen and oxygen atoms in total. The fraction of sp³-hybridized carbons (Fsp3) is 0.417. The van der Waals surface area contributed by atoms with Gasteiger partial charge in [-0.05, 0) is 61.6 Å². The SMILES string of the molecule is CC1(C)C(=O)N(Cc2cc(F)cc(F)c2)c2cc(C(=O)NCC3CCC(F)(F)C3)ccc21. The molecule has 1 heterocycles. The van der Waals surface area contributed by atoms with Crippen molar-refractivity contribution >= 4 is 17.5 Å². The smallest absolute Gasteiger partial charge is 0.251 e. The van der Waals surface area contributed by atoms with Crippen LogP contribution in [0.15, 0.2) is 36.4 Å². The largest absolute Gasteiger partial charge is 0.352 e. The first kappa shape index (κ1) is 22.3. The number of fused-ring (bicyclic) bond motifs is 1.